The van der Waals surface area contributed by atoms with Gasteiger partial charge in [0.05, 0.1) is 11.3 Å². The fourth-order valence-corrected chi connectivity index (χ4v) is 7.45. The van der Waals surface area contributed by atoms with E-state index in [-0.39, 0.29) is 11.1 Å². The smallest absolute Gasteiger partial charge is 0.255 e. The van der Waals surface area contributed by atoms with Crippen molar-refractivity contribution >= 4 is 47.5 Å². The SMILES string of the molecule is CCCC(C(=O)NC=O)N(C)C(=O)c1cc(N2CC(CN3CCN(c4ccc(Nc5nccc(-c6ccc(CNC)c(C)c6)n5)cc4)CC3)C2)ccc1C=O. The fraction of sp³-hybridized carbons (Fsp3) is 0.381. The standard InChI is InChI=1S/C42H51N9O4/c1-5-6-39(40(54)45-28-53)48(4)41(55)37-22-36(12-9-33(37)27-52)51-25-30(26-51)24-49-17-19-50(20-18-49)35-13-10-34(11-14-35)46-42-44-16-15-38(47-42)31-7-8-32(23-43-3)29(2)21-31/h7-16,21-22,27-28,30,39,43H,5-6,17-20,23-26H2,1-4H3,(H,44,46,47)(H,45,53,54). The third kappa shape index (κ3) is 9.35. The van der Waals surface area contributed by atoms with E-state index in [9.17, 15) is 19.2 Å². The molecule has 1 unspecified atom stereocenters. The van der Waals surface area contributed by atoms with Crippen molar-refractivity contribution in [3.8, 4) is 11.3 Å². The lowest BCUT2D eigenvalue weighted by atomic mass is 9.96. The molecule has 0 saturated carbocycles. The van der Waals surface area contributed by atoms with Crippen molar-refractivity contribution in [1.82, 2.24) is 30.4 Å². The Morgan fingerprint density at radius 1 is 0.945 bits per heavy atom. The van der Waals surface area contributed by atoms with Crippen LogP contribution < -0.4 is 25.8 Å². The largest absolute Gasteiger partial charge is 0.371 e. The molecule has 0 radical (unpaired) electrons. The maximum Gasteiger partial charge on any atom is 0.255 e. The summed E-state index contributed by atoms with van der Waals surface area (Å²) in [7, 11) is 3.48. The zero-order chi connectivity index (χ0) is 38.9. The first-order valence-corrected chi connectivity index (χ1v) is 19.0. The number of aryl methyl sites for hydroxylation is 1. The van der Waals surface area contributed by atoms with E-state index in [0.29, 0.717) is 37.4 Å². The lowest BCUT2D eigenvalue weighted by Gasteiger charge is -2.45. The molecule has 2 aliphatic heterocycles. The molecule has 0 spiro atoms. The molecule has 4 aromatic rings. The molecule has 3 amide bonds. The number of imide groups is 1. The zero-order valence-corrected chi connectivity index (χ0v) is 32.1. The van der Waals surface area contributed by atoms with E-state index >= 15 is 0 Å². The summed E-state index contributed by atoms with van der Waals surface area (Å²) < 4.78 is 0. The van der Waals surface area contributed by atoms with Crippen LogP contribution in [0.2, 0.25) is 0 Å². The van der Waals surface area contributed by atoms with Crippen LogP contribution in [0.4, 0.5) is 23.0 Å². The first-order valence-electron chi connectivity index (χ1n) is 19.0. The van der Waals surface area contributed by atoms with Gasteiger partial charge in [-0.3, -0.25) is 29.4 Å². The van der Waals surface area contributed by atoms with Gasteiger partial charge < -0.3 is 25.3 Å². The van der Waals surface area contributed by atoms with Gasteiger partial charge in [-0.1, -0.05) is 25.5 Å². The number of carbonyl (C=O) groups is 4. The zero-order valence-electron chi connectivity index (χ0n) is 32.1. The van der Waals surface area contributed by atoms with E-state index in [1.807, 2.05) is 26.1 Å². The summed E-state index contributed by atoms with van der Waals surface area (Å²) in [6.07, 6.45) is 3.81. The highest BCUT2D eigenvalue weighted by Gasteiger charge is 2.32. The number of piperazine rings is 1. The molecule has 55 heavy (non-hydrogen) atoms. The van der Waals surface area contributed by atoms with Gasteiger partial charge in [0, 0.05) is 99.7 Å². The van der Waals surface area contributed by atoms with Gasteiger partial charge in [-0.15, -0.1) is 0 Å². The second kappa shape index (κ2) is 18.1. The van der Waals surface area contributed by atoms with Crippen molar-refractivity contribution in [1.29, 1.82) is 0 Å². The number of hydrogen-bond acceptors (Lipinski definition) is 11. The van der Waals surface area contributed by atoms with Gasteiger partial charge >= 0.3 is 0 Å². The van der Waals surface area contributed by atoms with Crippen LogP contribution in [0.3, 0.4) is 0 Å². The Hall–Kier alpha value is -5.66. The molecular weight excluding hydrogens is 695 g/mol. The van der Waals surface area contributed by atoms with Crippen molar-refractivity contribution in [3.05, 3.63) is 95.2 Å². The van der Waals surface area contributed by atoms with Crippen LogP contribution in [0.1, 0.15) is 51.6 Å². The molecule has 288 valence electrons. The van der Waals surface area contributed by atoms with Gasteiger partial charge in [0.25, 0.3) is 5.91 Å². The number of nitrogens with one attached hydrogen (secondary N) is 3. The molecule has 2 saturated heterocycles. The number of benzene rings is 3. The number of anilines is 4. The molecule has 0 bridgehead atoms. The quantitative estimate of drug-likeness (QED) is 0.140. The summed E-state index contributed by atoms with van der Waals surface area (Å²) in [6.45, 7) is 11.4. The van der Waals surface area contributed by atoms with E-state index in [0.717, 1.165) is 75.0 Å². The predicted octanol–water partition coefficient (Wildman–Crippen LogP) is 4.50. The molecule has 0 aliphatic carbocycles. The van der Waals surface area contributed by atoms with Crippen molar-refractivity contribution in [2.45, 2.75) is 39.3 Å². The molecule has 1 aromatic heterocycles. The Labute approximate surface area is 323 Å². The first kappa shape index (κ1) is 39.0. The molecule has 13 heteroatoms. The number of likely N-dealkylation sites (N-methyl/N-ethyl adjacent to an activating group) is 1. The summed E-state index contributed by atoms with van der Waals surface area (Å²) >= 11 is 0. The summed E-state index contributed by atoms with van der Waals surface area (Å²) in [4.78, 5) is 66.5. The van der Waals surface area contributed by atoms with Gasteiger partial charge in [0.15, 0.2) is 6.29 Å². The van der Waals surface area contributed by atoms with Gasteiger partial charge in [0.2, 0.25) is 18.3 Å². The van der Waals surface area contributed by atoms with Gasteiger partial charge in [-0.25, -0.2) is 9.97 Å². The second-order valence-electron chi connectivity index (χ2n) is 14.4. The average molecular weight is 746 g/mol. The van der Waals surface area contributed by atoms with E-state index in [2.05, 4.69) is 85.0 Å². The number of carbonyl (C=O) groups excluding carboxylic acids is 4. The highest BCUT2D eigenvalue weighted by molar-refractivity contribution is 6.04. The predicted molar refractivity (Wildman–Crippen MR) is 216 cm³/mol. The third-order valence-electron chi connectivity index (χ3n) is 10.6. The van der Waals surface area contributed by atoms with Crippen molar-refractivity contribution in [2.75, 3.05) is 75.0 Å². The lowest BCUT2D eigenvalue weighted by molar-refractivity contribution is -0.128. The fourth-order valence-electron chi connectivity index (χ4n) is 7.45. The minimum absolute atomic E-state index is 0.248. The van der Waals surface area contributed by atoms with Gasteiger partial charge in [-0.2, -0.15) is 0 Å². The topological polar surface area (TPSA) is 143 Å². The number of aldehydes is 1. The molecular formula is C42H51N9O4. The molecule has 3 heterocycles. The Morgan fingerprint density at radius 3 is 2.36 bits per heavy atom. The molecule has 2 aliphatic rings. The summed E-state index contributed by atoms with van der Waals surface area (Å²) in [5, 5.41) is 8.73. The minimum Gasteiger partial charge on any atom is -0.371 e. The van der Waals surface area contributed by atoms with Crippen LogP contribution >= 0.6 is 0 Å². The number of hydrogen-bond donors (Lipinski definition) is 3. The Morgan fingerprint density at radius 2 is 1.69 bits per heavy atom. The number of rotatable bonds is 16. The molecule has 13 nitrogen and oxygen atoms in total. The van der Waals surface area contributed by atoms with Crippen LogP contribution in [-0.2, 0) is 16.1 Å². The highest BCUT2D eigenvalue weighted by Crippen LogP contribution is 2.29. The van der Waals surface area contributed by atoms with Gasteiger partial charge in [-0.05, 0) is 86.1 Å². The maximum atomic E-state index is 13.5. The Balaban J connectivity index is 0.980. The van der Waals surface area contributed by atoms with E-state index < -0.39 is 17.9 Å². The van der Waals surface area contributed by atoms with Crippen molar-refractivity contribution in [3.63, 3.8) is 0 Å². The molecule has 6 rings (SSSR count). The number of nitrogens with zero attached hydrogens (tertiary/aromatic N) is 6. The lowest BCUT2D eigenvalue weighted by Crippen LogP contribution is -2.55. The summed E-state index contributed by atoms with van der Waals surface area (Å²) in [6, 6.07) is 21.2. The van der Waals surface area contributed by atoms with E-state index in [4.69, 9.17) is 4.98 Å². The first-order chi connectivity index (χ1) is 26.7. The van der Waals surface area contributed by atoms with Crippen LogP contribution in [-0.4, -0.2) is 110 Å². The molecule has 2 fully saturated rings. The minimum atomic E-state index is -0.817. The van der Waals surface area contributed by atoms with Crippen LogP contribution in [0.5, 0.6) is 0 Å². The Kier molecular flexibility index (Phi) is 12.9. The normalized spacial score (nSPS) is 15.2. The van der Waals surface area contributed by atoms with Crippen LogP contribution in [0, 0.1) is 12.8 Å². The van der Waals surface area contributed by atoms with E-state index in [1.54, 1.807) is 18.3 Å². The summed E-state index contributed by atoms with van der Waals surface area (Å²) in [5.41, 5.74) is 7.94. The average Bonchev–Trinajstić information content (AvgIpc) is 3.19. The van der Waals surface area contributed by atoms with Crippen molar-refractivity contribution < 1.29 is 19.2 Å². The van der Waals surface area contributed by atoms with Crippen LogP contribution in [0.15, 0.2) is 72.9 Å². The second-order valence-corrected chi connectivity index (χ2v) is 14.4. The van der Waals surface area contributed by atoms with Crippen LogP contribution in [0.25, 0.3) is 11.3 Å². The highest BCUT2D eigenvalue weighted by atomic mass is 16.2. The number of aromatic nitrogens is 2. The third-order valence-corrected chi connectivity index (χ3v) is 10.6. The molecule has 1 atom stereocenters. The van der Waals surface area contributed by atoms with Crippen molar-refractivity contribution in [2.24, 2.45) is 5.92 Å². The summed E-state index contributed by atoms with van der Waals surface area (Å²) in [5.74, 6) is 0.0806. The molecule has 3 aromatic carbocycles. The van der Waals surface area contributed by atoms with Gasteiger partial charge in [0.1, 0.15) is 6.04 Å². The Bertz CT molecular complexity index is 1970. The maximum absolute atomic E-state index is 13.5. The van der Waals surface area contributed by atoms with E-state index in [1.165, 1.54) is 28.8 Å². The number of amides is 3. The monoisotopic (exact) mass is 745 g/mol. The molecule has 3 N–H and O–H groups in total.